The molecule has 2 aromatic carbocycles. The van der Waals surface area contributed by atoms with E-state index in [1.165, 1.54) is 24.3 Å². The van der Waals surface area contributed by atoms with Crippen molar-refractivity contribution in [1.82, 2.24) is 8.61 Å². The summed E-state index contributed by atoms with van der Waals surface area (Å²) < 4.78 is 50.2. The molecule has 2 atom stereocenters. The molecule has 0 aliphatic heterocycles. The van der Waals surface area contributed by atoms with Crippen molar-refractivity contribution in [1.29, 1.82) is 0 Å². The van der Waals surface area contributed by atoms with Gasteiger partial charge in [-0.3, -0.25) is 9.59 Å². The van der Waals surface area contributed by atoms with Crippen LogP contribution in [0.4, 0.5) is 11.4 Å². The Morgan fingerprint density at radius 1 is 0.738 bits per heavy atom. The van der Waals surface area contributed by atoms with Gasteiger partial charge in [0.25, 0.3) is 0 Å². The maximum absolute atomic E-state index is 13.6. The predicted octanol–water partition coefficient (Wildman–Crippen LogP) is 0.903. The molecule has 228 valence electrons. The van der Waals surface area contributed by atoms with E-state index in [1.54, 1.807) is 24.3 Å². The van der Waals surface area contributed by atoms with Gasteiger partial charge in [0.15, 0.2) is 11.6 Å². The van der Waals surface area contributed by atoms with Gasteiger partial charge in [0.1, 0.15) is 0 Å². The zero-order chi connectivity index (χ0) is 31.2. The molecule has 2 aromatic rings. The minimum Gasteiger partial charge on any atom is -0.390 e. The van der Waals surface area contributed by atoms with Crippen molar-refractivity contribution in [2.45, 2.75) is 12.2 Å². The maximum atomic E-state index is 13.6. The Morgan fingerprint density at radius 2 is 1.10 bits per heavy atom. The first-order chi connectivity index (χ1) is 19.7. The fourth-order valence-corrected chi connectivity index (χ4v) is 6.19. The van der Waals surface area contributed by atoms with Gasteiger partial charge in [-0.2, -0.15) is 8.61 Å². The minimum atomic E-state index is -3.60. The molecule has 42 heavy (non-hydrogen) atoms. The van der Waals surface area contributed by atoms with Crippen molar-refractivity contribution in [3.63, 3.8) is 0 Å². The van der Waals surface area contributed by atoms with Crippen molar-refractivity contribution in [3.05, 3.63) is 84.0 Å². The first kappa shape index (κ1) is 33.1. The monoisotopic (exact) mass is 620 g/mol. The summed E-state index contributed by atoms with van der Waals surface area (Å²) in [5.41, 5.74) is 1.04. The topological polar surface area (TPSA) is 173 Å². The quantitative estimate of drug-likeness (QED) is 0.169. The highest BCUT2D eigenvalue weighted by Gasteiger charge is 2.34. The number of ketones is 2. The third-order valence-electron chi connectivity index (χ3n) is 6.56. The van der Waals surface area contributed by atoms with Gasteiger partial charge in [-0.1, -0.05) is 36.4 Å². The molecule has 0 saturated heterocycles. The van der Waals surface area contributed by atoms with Gasteiger partial charge >= 0.3 is 0 Å². The highest BCUT2D eigenvalue weighted by atomic mass is 32.2. The summed E-state index contributed by atoms with van der Waals surface area (Å²) in [5.74, 6) is -0.861. The lowest BCUT2D eigenvalue weighted by Gasteiger charge is -2.26. The van der Waals surface area contributed by atoms with E-state index in [1.807, 2.05) is 0 Å². The number of aliphatic hydroxyl groups is 2. The van der Waals surface area contributed by atoms with Crippen LogP contribution in [-0.2, 0) is 20.0 Å². The number of hydrogen-bond donors (Lipinski definition) is 4. The van der Waals surface area contributed by atoms with Crippen LogP contribution in [0, 0.1) is 0 Å². The lowest BCUT2D eigenvalue weighted by Crippen LogP contribution is -2.40. The zero-order valence-corrected chi connectivity index (χ0v) is 25.1. The molecule has 1 aliphatic carbocycles. The standard InChI is InChI=1S/C28H36N4O8S2/c1-5-13-31(41(3,37)38)17-19(33)15-29-23-11-12-24(30-16-20(34)18-32(14-6-2)42(4,39)40)26-25(23)27(35)21-9-7-8-10-22(21)28(26)36/h5-12,19-20,29-30,33-34H,1-2,13-18H2,3-4H3. The van der Waals surface area contributed by atoms with E-state index in [0.717, 1.165) is 21.1 Å². The third-order valence-corrected chi connectivity index (χ3v) is 9.04. The molecule has 0 saturated carbocycles. The predicted molar refractivity (Wildman–Crippen MR) is 162 cm³/mol. The highest BCUT2D eigenvalue weighted by Crippen LogP contribution is 2.36. The minimum absolute atomic E-state index is 0.0107. The lowest BCUT2D eigenvalue weighted by atomic mass is 9.82. The van der Waals surface area contributed by atoms with Crippen LogP contribution in [0.2, 0.25) is 0 Å². The molecule has 1 aliphatic rings. The molecule has 4 N–H and O–H groups in total. The number of aliphatic hydroxyl groups excluding tert-OH is 2. The summed E-state index contributed by atoms with van der Waals surface area (Å²) in [6.07, 6.45) is 2.54. The molecular formula is C28H36N4O8S2. The number of carbonyl (C=O) groups excluding carboxylic acids is 2. The zero-order valence-electron chi connectivity index (χ0n) is 23.5. The molecular weight excluding hydrogens is 584 g/mol. The molecule has 0 fully saturated rings. The van der Waals surface area contributed by atoms with Crippen LogP contribution >= 0.6 is 0 Å². The second-order valence-corrected chi connectivity index (χ2v) is 13.9. The van der Waals surface area contributed by atoms with Gasteiger partial charge in [0.2, 0.25) is 20.0 Å². The SMILES string of the molecule is C=CCN(CC(O)CNc1ccc(NCC(O)CN(CC=C)S(C)(=O)=O)c2c1C(=O)c1ccccc1C2=O)S(C)(=O)=O. The Labute approximate surface area is 246 Å². The van der Waals surface area contributed by atoms with E-state index in [0.29, 0.717) is 0 Å². The Hall–Kier alpha value is -3.40. The van der Waals surface area contributed by atoms with Crippen molar-refractivity contribution in [2.75, 3.05) is 62.4 Å². The lowest BCUT2D eigenvalue weighted by molar-refractivity contribution is 0.0980. The largest absolute Gasteiger partial charge is 0.390 e. The van der Waals surface area contributed by atoms with Crippen LogP contribution in [0.25, 0.3) is 0 Å². The molecule has 2 unspecified atom stereocenters. The summed E-state index contributed by atoms with van der Waals surface area (Å²) in [6.45, 7) is 6.40. The van der Waals surface area contributed by atoms with Crippen molar-refractivity contribution in [2.24, 2.45) is 0 Å². The average molecular weight is 621 g/mol. The molecule has 3 rings (SSSR count). The molecule has 0 bridgehead atoms. The van der Waals surface area contributed by atoms with Gasteiger partial charge < -0.3 is 20.8 Å². The van der Waals surface area contributed by atoms with Gasteiger partial charge in [0.05, 0.1) is 35.8 Å². The normalized spacial score (nSPS) is 14.7. The first-order valence-electron chi connectivity index (χ1n) is 13.0. The van der Waals surface area contributed by atoms with E-state index < -0.39 is 43.8 Å². The van der Waals surface area contributed by atoms with Crippen LogP contribution in [-0.4, -0.2) is 111 Å². The van der Waals surface area contributed by atoms with E-state index in [-0.39, 0.29) is 72.9 Å². The van der Waals surface area contributed by atoms with Crippen LogP contribution in [0.3, 0.4) is 0 Å². The van der Waals surface area contributed by atoms with Crippen molar-refractivity contribution >= 4 is 43.0 Å². The van der Waals surface area contributed by atoms with E-state index in [4.69, 9.17) is 0 Å². The van der Waals surface area contributed by atoms with Crippen molar-refractivity contribution in [3.8, 4) is 0 Å². The number of rotatable bonds is 16. The number of nitrogens with one attached hydrogen (secondary N) is 2. The molecule has 14 heteroatoms. The molecule has 0 spiro atoms. The number of benzene rings is 2. The third kappa shape index (κ3) is 7.91. The van der Waals surface area contributed by atoms with Gasteiger partial charge in [-0.05, 0) is 12.1 Å². The first-order valence-corrected chi connectivity index (χ1v) is 16.7. The summed E-state index contributed by atoms with van der Waals surface area (Å²) in [4.78, 5) is 27.2. The van der Waals surface area contributed by atoms with Crippen LogP contribution < -0.4 is 10.6 Å². The number of nitrogens with zero attached hydrogens (tertiary/aromatic N) is 2. The average Bonchev–Trinajstić information content (AvgIpc) is 2.92. The van der Waals surface area contributed by atoms with E-state index >= 15 is 0 Å². The second kappa shape index (κ2) is 13.7. The van der Waals surface area contributed by atoms with Crippen molar-refractivity contribution < 1.29 is 36.6 Å². The molecule has 0 heterocycles. The van der Waals surface area contributed by atoms with E-state index in [2.05, 4.69) is 23.8 Å². The summed E-state index contributed by atoms with van der Waals surface area (Å²) in [6, 6.07) is 9.44. The van der Waals surface area contributed by atoms with Gasteiger partial charge in [-0.15, -0.1) is 13.2 Å². The summed E-state index contributed by atoms with van der Waals surface area (Å²) in [7, 11) is -7.20. The number of sulfonamides is 2. The van der Waals surface area contributed by atoms with Crippen LogP contribution in [0.15, 0.2) is 61.7 Å². The number of hydrogen-bond acceptors (Lipinski definition) is 10. The fourth-order valence-electron chi connectivity index (χ4n) is 4.55. The molecule has 0 amide bonds. The maximum Gasteiger partial charge on any atom is 0.211 e. The Kier molecular flexibility index (Phi) is 10.8. The van der Waals surface area contributed by atoms with Crippen LogP contribution in [0.1, 0.15) is 31.8 Å². The Bertz CT molecular complexity index is 1460. The summed E-state index contributed by atoms with van der Waals surface area (Å²) >= 11 is 0. The summed E-state index contributed by atoms with van der Waals surface area (Å²) in [5, 5.41) is 27.1. The highest BCUT2D eigenvalue weighted by molar-refractivity contribution is 7.88. The molecule has 0 aromatic heterocycles. The fraction of sp³-hybridized carbons (Fsp3) is 0.357. The smallest absolute Gasteiger partial charge is 0.211 e. The molecule has 0 radical (unpaired) electrons. The van der Waals surface area contributed by atoms with E-state index in [9.17, 15) is 36.6 Å². The number of fused-ring (bicyclic) bond motifs is 2. The number of anilines is 2. The molecule has 12 nitrogen and oxygen atoms in total. The van der Waals surface area contributed by atoms with Crippen LogP contribution in [0.5, 0.6) is 0 Å². The Balaban J connectivity index is 1.90. The Morgan fingerprint density at radius 3 is 1.40 bits per heavy atom. The van der Waals surface area contributed by atoms with Gasteiger partial charge in [-0.25, -0.2) is 16.8 Å². The second-order valence-electron chi connectivity index (χ2n) is 9.92. The number of carbonyl (C=O) groups is 2. The van der Waals surface area contributed by atoms with Gasteiger partial charge in [0, 0.05) is 61.8 Å².